The summed E-state index contributed by atoms with van der Waals surface area (Å²) < 4.78 is 17.2. The lowest BCUT2D eigenvalue weighted by atomic mass is 10.0. The molecule has 0 radical (unpaired) electrons. The molecule has 1 aliphatic heterocycles. The molecule has 1 aliphatic rings. The summed E-state index contributed by atoms with van der Waals surface area (Å²) in [5.41, 5.74) is 6.65. The zero-order valence-electron chi connectivity index (χ0n) is 11.9. The number of anilines is 1. The Morgan fingerprint density at radius 2 is 1.84 bits per heavy atom. The smallest absolute Gasteiger partial charge is 0.146 e. The first kappa shape index (κ1) is 14.0. The molecule has 2 unspecified atom stereocenters. The Bertz CT molecular complexity index is 412. The van der Waals surface area contributed by atoms with Gasteiger partial charge in [0, 0.05) is 12.8 Å². The van der Waals surface area contributed by atoms with Crippen LogP contribution in [0.2, 0.25) is 0 Å². The average molecular weight is 265 g/mol. The molecule has 0 saturated carbocycles. The van der Waals surface area contributed by atoms with Crippen LogP contribution in [0.25, 0.3) is 0 Å². The standard InChI is InChI=1S/C15H23NO3/c1-4-17-13-6-5-7-14(15(13)16)19-12-8-10(2)18-11(3)9-12/h5-7,10-12H,4,8-9,16H2,1-3H3. The van der Waals surface area contributed by atoms with Gasteiger partial charge in [0.1, 0.15) is 23.3 Å². The summed E-state index contributed by atoms with van der Waals surface area (Å²) in [7, 11) is 0. The third kappa shape index (κ3) is 3.53. The summed E-state index contributed by atoms with van der Waals surface area (Å²) in [6, 6.07) is 5.66. The SMILES string of the molecule is CCOc1cccc(OC2CC(C)OC(C)C2)c1N. The molecule has 19 heavy (non-hydrogen) atoms. The Hall–Kier alpha value is -1.42. The van der Waals surface area contributed by atoms with E-state index in [0.717, 1.165) is 12.8 Å². The minimum absolute atomic E-state index is 0.151. The van der Waals surface area contributed by atoms with Gasteiger partial charge in [-0.15, -0.1) is 0 Å². The zero-order chi connectivity index (χ0) is 13.8. The van der Waals surface area contributed by atoms with E-state index in [-0.39, 0.29) is 18.3 Å². The third-order valence-electron chi connectivity index (χ3n) is 3.27. The third-order valence-corrected chi connectivity index (χ3v) is 3.27. The zero-order valence-corrected chi connectivity index (χ0v) is 11.9. The van der Waals surface area contributed by atoms with Crippen LogP contribution in [0.15, 0.2) is 18.2 Å². The Kier molecular flexibility index (Phi) is 4.53. The van der Waals surface area contributed by atoms with Gasteiger partial charge in [0.15, 0.2) is 0 Å². The van der Waals surface area contributed by atoms with Crippen LogP contribution in [-0.4, -0.2) is 24.9 Å². The summed E-state index contributed by atoms with van der Waals surface area (Å²) in [4.78, 5) is 0. The lowest BCUT2D eigenvalue weighted by molar-refractivity contribution is -0.0720. The van der Waals surface area contributed by atoms with Crippen LogP contribution in [0.5, 0.6) is 11.5 Å². The molecule has 1 aromatic carbocycles. The molecule has 1 heterocycles. The normalized spacial score (nSPS) is 27.0. The van der Waals surface area contributed by atoms with Crippen molar-refractivity contribution in [2.45, 2.75) is 51.9 Å². The van der Waals surface area contributed by atoms with Gasteiger partial charge in [-0.1, -0.05) is 6.07 Å². The van der Waals surface area contributed by atoms with Crippen molar-refractivity contribution in [2.24, 2.45) is 0 Å². The molecule has 2 rings (SSSR count). The van der Waals surface area contributed by atoms with Crippen molar-refractivity contribution in [1.29, 1.82) is 0 Å². The number of nitrogens with two attached hydrogens (primary N) is 1. The topological polar surface area (TPSA) is 53.7 Å². The van der Waals surface area contributed by atoms with Crippen LogP contribution >= 0.6 is 0 Å². The maximum absolute atomic E-state index is 6.07. The van der Waals surface area contributed by atoms with E-state index in [1.54, 1.807) is 0 Å². The maximum atomic E-state index is 6.07. The van der Waals surface area contributed by atoms with E-state index < -0.39 is 0 Å². The lowest BCUT2D eigenvalue weighted by Gasteiger charge is -2.32. The highest BCUT2D eigenvalue weighted by molar-refractivity contribution is 5.62. The van der Waals surface area contributed by atoms with E-state index in [1.165, 1.54) is 0 Å². The van der Waals surface area contributed by atoms with Crippen molar-refractivity contribution in [1.82, 2.24) is 0 Å². The largest absolute Gasteiger partial charge is 0.492 e. The van der Waals surface area contributed by atoms with Gasteiger partial charge in [-0.2, -0.15) is 0 Å². The highest BCUT2D eigenvalue weighted by Crippen LogP contribution is 2.34. The van der Waals surface area contributed by atoms with Crippen LogP contribution in [0.4, 0.5) is 5.69 Å². The number of ether oxygens (including phenoxy) is 3. The van der Waals surface area contributed by atoms with Gasteiger partial charge in [0.05, 0.1) is 18.8 Å². The second-order valence-electron chi connectivity index (χ2n) is 5.07. The van der Waals surface area contributed by atoms with Crippen LogP contribution in [0.1, 0.15) is 33.6 Å². The molecular formula is C15H23NO3. The first-order valence-electron chi connectivity index (χ1n) is 6.93. The highest BCUT2D eigenvalue weighted by atomic mass is 16.5. The molecule has 106 valence electrons. The van der Waals surface area contributed by atoms with Crippen molar-refractivity contribution in [3.05, 3.63) is 18.2 Å². The minimum Gasteiger partial charge on any atom is -0.492 e. The number of rotatable bonds is 4. The molecule has 2 N–H and O–H groups in total. The summed E-state index contributed by atoms with van der Waals surface area (Å²) in [5.74, 6) is 1.39. The Morgan fingerprint density at radius 1 is 1.21 bits per heavy atom. The van der Waals surface area contributed by atoms with Gasteiger partial charge in [-0.3, -0.25) is 0 Å². The second kappa shape index (κ2) is 6.15. The van der Waals surface area contributed by atoms with Gasteiger partial charge < -0.3 is 19.9 Å². The predicted molar refractivity (Wildman–Crippen MR) is 75.7 cm³/mol. The summed E-state index contributed by atoms with van der Waals surface area (Å²) in [6.45, 7) is 6.69. The van der Waals surface area contributed by atoms with E-state index in [4.69, 9.17) is 19.9 Å². The fourth-order valence-corrected chi connectivity index (χ4v) is 2.53. The maximum Gasteiger partial charge on any atom is 0.146 e. The van der Waals surface area contributed by atoms with Crippen molar-refractivity contribution in [3.8, 4) is 11.5 Å². The van der Waals surface area contributed by atoms with Crippen LogP contribution < -0.4 is 15.2 Å². The Morgan fingerprint density at radius 3 is 2.47 bits per heavy atom. The molecule has 4 heteroatoms. The van der Waals surface area contributed by atoms with Gasteiger partial charge in [-0.25, -0.2) is 0 Å². The fraction of sp³-hybridized carbons (Fsp3) is 0.600. The second-order valence-corrected chi connectivity index (χ2v) is 5.07. The Labute approximate surface area is 114 Å². The highest BCUT2D eigenvalue weighted by Gasteiger charge is 2.26. The van der Waals surface area contributed by atoms with Crippen molar-refractivity contribution < 1.29 is 14.2 Å². The minimum atomic E-state index is 0.151. The molecule has 0 spiro atoms. The summed E-state index contributed by atoms with van der Waals surface area (Å²) in [6.07, 6.45) is 2.39. The number of nitrogen functional groups attached to an aromatic ring is 1. The lowest BCUT2D eigenvalue weighted by Crippen LogP contribution is -2.35. The van der Waals surface area contributed by atoms with Gasteiger partial charge >= 0.3 is 0 Å². The van der Waals surface area contributed by atoms with Crippen molar-refractivity contribution in [2.75, 3.05) is 12.3 Å². The van der Waals surface area contributed by atoms with Gasteiger partial charge in [0.25, 0.3) is 0 Å². The molecule has 0 bridgehead atoms. The Balaban J connectivity index is 2.08. The quantitative estimate of drug-likeness (QED) is 0.850. The number of hydrogen-bond acceptors (Lipinski definition) is 4. The van der Waals surface area contributed by atoms with E-state index in [0.29, 0.717) is 23.8 Å². The van der Waals surface area contributed by atoms with Crippen molar-refractivity contribution >= 4 is 5.69 Å². The molecule has 0 aromatic heterocycles. The van der Waals surface area contributed by atoms with Crippen LogP contribution in [-0.2, 0) is 4.74 Å². The fourth-order valence-electron chi connectivity index (χ4n) is 2.53. The van der Waals surface area contributed by atoms with E-state index >= 15 is 0 Å². The molecule has 4 nitrogen and oxygen atoms in total. The molecular weight excluding hydrogens is 242 g/mol. The summed E-state index contributed by atoms with van der Waals surface area (Å²) >= 11 is 0. The number of para-hydroxylation sites is 1. The molecule has 0 aliphatic carbocycles. The first-order valence-corrected chi connectivity index (χ1v) is 6.93. The molecule has 1 saturated heterocycles. The van der Waals surface area contributed by atoms with Crippen LogP contribution in [0.3, 0.4) is 0 Å². The summed E-state index contributed by atoms with van der Waals surface area (Å²) in [5, 5.41) is 0. The van der Waals surface area contributed by atoms with Crippen LogP contribution in [0, 0.1) is 0 Å². The van der Waals surface area contributed by atoms with Gasteiger partial charge in [-0.05, 0) is 32.9 Å². The monoisotopic (exact) mass is 265 g/mol. The predicted octanol–water partition coefficient (Wildman–Crippen LogP) is 3.00. The number of hydrogen-bond donors (Lipinski definition) is 1. The van der Waals surface area contributed by atoms with Gasteiger partial charge in [0.2, 0.25) is 0 Å². The van der Waals surface area contributed by atoms with E-state index in [1.807, 2.05) is 25.1 Å². The molecule has 0 amide bonds. The molecule has 1 fully saturated rings. The molecule has 2 atom stereocenters. The first-order chi connectivity index (χ1) is 9.10. The number of benzene rings is 1. The van der Waals surface area contributed by atoms with E-state index in [9.17, 15) is 0 Å². The van der Waals surface area contributed by atoms with E-state index in [2.05, 4.69) is 13.8 Å². The molecule has 1 aromatic rings. The van der Waals surface area contributed by atoms with Crippen molar-refractivity contribution in [3.63, 3.8) is 0 Å². The average Bonchev–Trinajstić information content (AvgIpc) is 2.33.